The van der Waals surface area contributed by atoms with E-state index < -0.39 is 0 Å². The number of urea groups is 1. The fourth-order valence-corrected chi connectivity index (χ4v) is 3.44. The zero-order valence-corrected chi connectivity index (χ0v) is 14.5. The van der Waals surface area contributed by atoms with Crippen molar-refractivity contribution in [2.75, 3.05) is 37.6 Å². The van der Waals surface area contributed by atoms with Crippen LogP contribution in [-0.4, -0.2) is 54.6 Å². The Balaban J connectivity index is 1.34. The van der Waals surface area contributed by atoms with Crippen molar-refractivity contribution in [2.24, 2.45) is 0 Å². The molecule has 2 aliphatic rings. The number of hydrogen-bond acceptors (Lipinski definition) is 3. The number of amides is 3. The van der Waals surface area contributed by atoms with Crippen LogP contribution in [0.1, 0.15) is 5.56 Å². The molecule has 2 aromatic carbocycles. The minimum absolute atomic E-state index is 0.0195. The van der Waals surface area contributed by atoms with Gasteiger partial charge in [0.15, 0.2) is 0 Å². The van der Waals surface area contributed by atoms with Crippen LogP contribution < -0.4 is 9.64 Å². The van der Waals surface area contributed by atoms with Gasteiger partial charge in [0, 0.05) is 38.4 Å². The zero-order valence-electron chi connectivity index (χ0n) is 14.5. The molecule has 1 saturated heterocycles. The minimum atomic E-state index is -0.366. The van der Waals surface area contributed by atoms with Gasteiger partial charge in [-0.25, -0.2) is 9.59 Å². The lowest BCUT2D eigenvalue weighted by molar-refractivity contribution is 0.118. The zero-order chi connectivity index (χ0) is 17.9. The monoisotopic (exact) mass is 351 g/mol. The Bertz CT molecular complexity index is 801. The molecule has 1 fully saturated rings. The smallest absolute Gasteiger partial charge is 0.410 e. The van der Waals surface area contributed by atoms with Crippen molar-refractivity contribution in [2.45, 2.75) is 6.42 Å². The van der Waals surface area contributed by atoms with E-state index in [1.54, 1.807) is 17.0 Å². The highest BCUT2D eigenvalue weighted by atomic mass is 16.6. The molecule has 0 spiro atoms. The van der Waals surface area contributed by atoms with Crippen LogP contribution in [0.25, 0.3) is 0 Å². The fourth-order valence-electron chi connectivity index (χ4n) is 3.44. The Morgan fingerprint density at radius 2 is 1.42 bits per heavy atom. The predicted octanol–water partition coefficient (Wildman–Crippen LogP) is 2.99. The van der Waals surface area contributed by atoms with Gasteiger partial charge >= 0.3 is 12.1 Å². The van der Waals surface area contributed by atoms with E-state index in [4.69, 9.17) is 4.74 Å². The molecule has 4 rings (SSSR count). The molecule has 0 N–H and O–H groups in total. The number of fused-ring (bicyclic) bond motifs is 1. The van der Waals surface area contributed by atoms with Gasteiger partial charge in [0.05, 0.1) is 0 Å². The van der Waals surface area contributed by atoms with Crippen molar-refractivity contribution in [1.29, 1.82) is 0 Å². The third kappa shape index (κ3) is 3.22. The molecule has 0 unspecified atom stereocenters. The lowest BCUT2D eigenvalue weighted by atomic mass is 10.2. The summed E-state index contributed by atoms with van der Waals surface area (Å²) in [5, 5.41) is 0. The Morgan fingerprint density at radius 3 is 2.19 bits per heavy atom. The summed E-state index contributed by atoms with van der Waals surface area (Å²) in [6.45, 7) is 2.71. The van der Waals surface area contributed by atoms with Gasteiger partial charge in [0.2, 0.25) is 0 Å². The molecule has 0 radical (unpaired) electrons. The summed E-state index contributed by atoms with van der Waals surface area (Å²) in [6, 6.07) is 17.1. The van der Waals surface area contributed by atoms with Crippen molar-refractivity contribution in [3.63, 3.8) is 0 Å². The Hall–Kier alpha value is -3.02. The summed E-state index contributed by atoms with van der Waals surface area (Å²) < 4.78 is 5.37. The van der Waals surface area contributed by atoms with E-state index in [1.165, 1.54) is 5.56 Å². The van der Waals surface area contributed by atoms with E-state index in [-0.39, 0.29) is 12.1 Å². The lowest BCUT2D eigenvalue weighted by Crippen LogP contribution is -2.54. The Morgan fingerprint density at radius 1 is 0.769 bits per heavy atom. The first-order chi connectivity index (χ1) is 12.7. The summed E-state index contributed by atoms with van der Waals surface area (Å²) in [4.78, 5) is 30.4. The van der Waals surface area contributed by atoms with Gasteiger partial charge in [-0.1, -0.05) is 36.4 Å². The number of ether oxygens (including phenoxy) is 1. The van der Waals surface area contributed by atoms with Gasteiger partial charge < -0.3 is 14.5 Å². The Kier molecular flexibility index (Phi) is 4.48. The Labute approximate surface area is 152 Å². The standard InChI is InChI=1S/C20H21N3O3/c24-19(23-11-10-16-6-4-5-9-18(16)23)21-12-14-22(15-13-21)20(25)26-17-7-2-1-3-8-17/h1-9H,10-15H2. The van der Waals surface area contributed by atoms with E-state index in [0.29, 0.717) is 38.5 Å². The van der Waals surface area contributed by atoms with E-state index in [0.717, 1.165) is 12.1 Å². The molecule has 0 atom stereocenters. The summed E-state index contributed by atoms with van der Waals surface area (Å²) in [6.07, 6.45) is 0.528. The molecule has 3 amide bonds. The molecule has 0 aliphatic carbocycles. The third-order valence-corrected chi connectivity index (χ3v) is 4.87. The number of nitrogens with zero attached hydrogens (tertiary/aromatic N) is 3. The maximum absolute atomic E-state index is 12.8. The number of benzene rings is 2. The van der Waals surface area contributed by atoms with Gasteiger partial charge in [-0.15, -0.1) is 0 Å². The van der Waals surface area contributed by atoms with Crippen LogP contribution in [0.15, 0.2) is 54.6 Å². The van der Waals surface area contributed by atoms with Crippen LogP contribution in [-0.2, 0) is 6.42 Å². The summed E-state index contributed by atoms with van der Waals surface area (Å²) in [7, 11) is 0. The predicted molar refractivity (Wildman–Crippen MR) is 98.5 cm³/mol. The molecule has 2 heterocycles. The SMILES string of the molecule is O=C(Oc1ccccc1)N1CCN(C(=O)N2CCc3ccccc32)CC1. The largest absolute Gasteiger partial charge is 0.415 e. The van der Waals surface area contributed by atoms with E-state index >= 15 is 0 Å². The highest BCUT2D eigenvalue weighted by Gasteiger charge is 2.31. The molecular formula is C20H21N3O3. The second-order valence-corrected chi connectivity index (χ2v) is 6.47. The second kappa shape index (κ2) is 7.07. The average Bonchev–Trinajstić information content (AvgIpc) is 3.12. The second-order valence-electron chi connectivity index (χ2n) is 6.47. The first-order valence-electron chi connectivity index (χ1n) is 8.88. The maximum atomic E-state index is 12.8. The van der Waals surface area contributed by atoms with Gasteiger partial charge in [-0.2, -0.15) is 0 Å². The van der Waals surface area contributed by atoms with Gasteiger partial charge in [-0.3, -0.25) is 4.90 Å². The first-order valence-corrected chi connectivity index (χ1v) is 8.88. The number of carbonyl (C=O) groups excluding carboxylic acids is 2. The highest BCUT2D eigenvalue weighted by Crippen LogP contribution is 2.28. The molecule has 2 aliphatic heterocycles. The van der Waals surface area contributed by atoms with Crippen LogP contribution >= 0.6 is 0 Å². The lowest BCUT2D eigenvalue weighted by Gasteiger charge is -2.36. The molecule has 134 valence electrons. The van der Waals surface area contributed by atoms with Crippen molar-refractivity contribution in [3.05, 3.63) is 60.2 Å². The number of hydrogen-bond donors (Lipinski definition) is 0. The summed E-state index contributed by atoms with van der Waals surface area (Å²) in [5.74, 6) is 0.532. The molecule has 6 nitrogen and oxygen atoms in total. The van der Waals surface area contributed by atoms with Crippen LogP contribution in [0.5, 0.6) is 5.75 Å². The topological polar surface area (TPSA) is 53.1 Å². The average molecular weight is 351 g/mol. The quantitative estimate of drug-likeness (QED) is 0.794. The third-order valence-electron chi connectivity index (χ3n) is 4.87. The van der Waals surface area contributed by atoms with Crippen molar-refractivity contribution in [1.82, 2.24) is 9.80 Å². The fraction of sp³-hybridized carbons (Fsp3) is 0.300. The van der Waals surface area contributed by atoms with Crippen LogP contribution in [0.3, 0.4) is 0 Å². The molecule has 0 bridgehead atoms. The number of rotatable bonds is 1. The number of para-hydroxylation sites is 2. The van der Waals surface area contributed by atoms with Crippen LogP contribution in [0.2, 0.25) is 0 Å². The minimum Gasteiger partial charge on any atom is -0.410 e. The molecule has 0 saturated carbocycles. The molecule has 6 heteroatoms. The van der Waals surface area contributed by atoms with Crippen molar-refractivity contribution < 1.29 is 14.3 Å². The van der Waals surface area contributed by atoms with Crippen molar-refractivity contribution >= 4 is 17.8 Å². The molecule has 2 aromatic rings. The normalized spacial score (nSPS) is 16.4. The van der Waals surface area contributed by atoms with Crippen molar-refractivity contribution in [3.8, 4) is 5.75 Å². The highest BCUT2D eigenvalue weighted by molar-refractivity contribution is 5.94. The van der Waals surface area contributed by atoms with Gasteiger partial charge in [-0.05, 0) is 30.2 Å². The maximum Gasteiger partial charge on any atom is 0.415 e. The summed E-state index contributed by atoms with van der Waals surface area (Å²) >= 11 is 0. The van der Waals surface area contributed by atoms with E-state index in [2.05, 4.69) is 6.07 Å². The first kappa shape index (κ1) is 16.4. The van der Waals surface area contributed by atoms with Gasteiger partial charge in [0.1, 0.15) is 5.75 Å². The van der Waals surface area contributed by atoms with Crippen LogP contribution in [0.4, 0.5) is 15.3 Å². The van der Waals surface area contributed by atoms with E-state index in [9.17, 15) is 9.59 Å². The molecular weight excluding hydrogens is 330 g/mol. The molecule has 0 aromatic heterocycles. The number of carbonyl (C=O) groups is 2. The van der Waals surface area contributed by atoms with Crippen LogP contribution in [0, 0.1) is 0 Å². The molecule has 26 heavy (non-hydrogen) atoms. The van der Waals surface area contributed by atoms with E-state index in [1.807, 2.05) is 46.2 Å². The summed E-state index contributed by atoms with van der Waals surface area (Å²) in [5.41, 5.74) is 2.22. The number of piperazine rings is 1. The van der Waals surface area contributed by atoms with Gasteiger partial charge in [0.25, 0.3) is 0 Å². The number of anilines is 1.